The molecule has 4 rings (SSSR count). The SMILES string of the molecule is CN1CC2(CCc3cc(CN4CCCC4)ccc3O2)C1. The molecule has 0 amide bonds. The van der Waals surface area contributed by atoms with Crippen molar-refractivity contribution in [2.75, 3.05) is 33.2 Å². The monoisotopic (exact) mass is 272 g/mol. The van der Waals surface area contributed by atoms with Gasteiger partial charge in [0.1, 0.15) is 11.4 Å². The van der Waals surface area contributed by atoms with Crippen molar-refractivity contribution in [3.8, 4) is 5.75 Å². The number of ether oxygens (including phenoxy) is 1. The number of hydrogen-bond acceptors (Lipinski definition) is 3. The molecule has 1 spiro atoms. The highest BCUT2D eigenvalue weighted by atomic mass is 16.5. The highest BCUT2D eigenvalue weighted by molar-refractivity contribution is 5.40. The summed E-state index contributed by atoms with van der Waals surface area (Å²) in [5, 5.41) is 0. The van der Waals surface area contributed by atoms with Crippen molar-refractivity contribution in [2.45, 2.75) is 37.8 Å². The lowest BCUT2D eigenvalue weighted by atomic mass is 9.84. The molecule has 3 aliphatic heterocycles. The third-order valence-electron chi connectivity index (χ3n) is 5.02. The van der Waals surface area contributed by atoms with Crippen LogP contribution in [0.1, 0.15) is 30.4 Å². The molecule has 0 unspecified atom stereocenters. The summed E-state index contributed by atoms with van der Waals surface area (Å²) in [4.78, 5) is 4.90. The zero-order valence-electron chi connectivity index (χ0n) is 12.4. The number of likely N-dealkylation sites (tertiary alicyclic amines) is 2. The fourth-order valence-corrected chi connectivity index (χ4v) is 4.03. The van der Waals surface area contributed by atoms with Gasteiger partial charge in [-0.05, 0) is 63.0 Å². The van der Waals surface area contributed by atoms with Gasteiger partial charge in [-0.1, -0.05) is 12.1 Å². The van der Waals surface area contributed by atoms with Crippen molar-refractivity contribution in [1.82, 2.24) is 9.80 Å². The average Bonchev–Trinajstić information content (AvgIpc) is 2.90. The van der Waals surface area contributed by atoms with Gasteiger partial charge in [0.2, 0.25) is 0 Å². The van der Waals surface area contributed by atoms with Crippen LogP contribution in [-0.4, -0.2) is 48.6 Å². The molecule has 3 nitrogen and oxygen atoms in total. The molecular formula is C17H24N2O. The molecule has 0 aromatic heterocycles. The van der Waals surface area contributed by atoms with Gasteiger partial charge in [0.25, 0.3) is 0 Å². The number of nitrogens with zero attached hydrogens (tertiary/aromatic N) is 2. The maximum absolute atomic E-state index is 6.30. The summed E-state index contributed by atoms with van der Waals surface area (Å²) in [5.74, 6) is 1.13. The summed E-state index contributed by atoms with van der Waals surface area (Å²) in [5.41, 5.74) is 3.00. The van der Waals surface area contributed by atoms with Crippen molar-refractivity contribution >= 4 is 0 Å². The van der Waals surface area contributed by atoms with Crippen molar-refractivity contribution in [1.29, 1.82) is 0 Å². The van der Waals surface area contributed by atoms with Crippen LogP contribution in [0.2, 0.25) is 0 Å². The average molecular weight is 272 g/mol. The van der Waals surface area contributed by atoms with Crippen LogP contribution < -0.4 is 4.74 Å². The molecule has 0 saturated carbocycles. The van der Waals surface area contributed by atoms with Gasteiger partial charge < -0.3 is 4.74 Å². The van der Waals surface area contributed by atoms with E-state index in [1.165, 1.54) is 49.9 Å². The fraction of sp³-hybridized carbons (Fsp3) is 0.647. The Balaban J connectivity index is 1.48. The molecule has 0 radical (unpaired) electrons. The molecule has 108 valence electrons. The van der Waals surface area contributed by atoms with E-state index in [0.29, 0.717) is 0 Å². The number of rotatable bonds is 2. The summed E-state index contributed by atoms with van der Waals surface area (Å²) in [6, 6.07) is 6.85. The predicted octanol–water partition coefficient (Wildman–Crippen LogP) is 2.29. The lowest BCUT2D eigenvalue weighted by molar-refractivity contribution is -0.0775. The topological polar surface area (TPSA) is 15.7 Å². The Morgan fingerprint density at radius 1 is 1.20 bits per heavy atom. The Hall–Kier alpha value is -1.06. The molecule has 3 heterocycles. The van der Waals surface area contributed by atoms with Gasteiger partial charge in [-0.25, -0.2) is 0 Å². The first-order chi connectivity index (χ1) is 9.72. The zero-order chi connectivity index (χ0) is 13.6. The number of benzene rings is 1. The molecule has 3 aliphatic rings. The second-order valence-electron chi connectivity index (χ2n) is 6.88. The largest absolute Gasteiger partial charge is 0.484 e. The first kappa shape index (κ1) is 12.7. The molecule has 1 aromatic carbocycles. The first-order valence-electron chi connectivity index (χ1n) is 7.94. The van der Waals surface area contributed by atoms with Crippen molar-refractivity contribution < 1.29 is 4.74 Å². The Labute approximate surface area is 121 Å². The Morgan fingerprint density at radius 2 is 2.00 bits per heavy atom. The third-order valence-corrected chi connectivity index (χ3v) is 5.02. The summed E-state index contributed by atoms with van der Waals surface area (Å²) in [7, 11) is 2.17. The second-order valence-corrected chi connectivity index (χ2v) is 6.88. The first-order valence-corrected chi connectivity index (χ1v) is 7.94. The van der Waals surface area contributed by atoms with E-state index in [4.69, 9.17) is 4.74 Å². The number of fused-ring (bicyclic) bond motifs is 1. The van der Waals surface area contributed by atoms with Gasteiger partial charge >= 0.3 is 0 Å². The van der Waals surface area contributed by atoms with Crippen LogP contribution in [0.5, 0.6) is 5.75 Å². The molecular weight excluding hydrogens is 248 g/mol. The van der Waals surface area contributed by atoms with E-state index in [0.717, 1.165) is 25.4 Å². The maximum Gasteiger partial charge on any atom is 0.134 e. The van der Waals surface area contributed by atoms with E-state index in [2.05, 4.69) is 35.0 Å². The van der Waals surface area contributed by atoms with Crippen LogP contribution in [0.4, 0.5) is 0 Å². The summed E-state index contributed by atoms with van der Waals surface area (Å²) < 4.78 is 6.30. The summed E-state index contributed by atoms with van der Waals surface area (Å²) in [6.45, 7) is 5.82. The van der Waals surface area contributed by atoms with Crippen LogP contribution >= 0.6 is 0 Å². The quantitative estimate of drug-likeness (QED) is 0.821. The smallest absolute Gasteiger partial charge is 0.134 e. The van der Waals surface area contributed by atoms with E-state index in [9.17, 15) is 0 Å². The standard InChI is InChI=1S/C17H24N2O/c1-18-12-17(13-18)7-6-15-10-14(4-5-16(15)20-17)11-19-8-2-3-9-19/h4-5,10H,2-3,6-9,11-13H2,1H3. The third kappa shape index (κ3) is 2.23. The number of hydrogen-bond donors (Lipinski definition) is 0. The van der Waals surface area contributed by atoms with Crippen LogP contribution in [0.3, 0.4) is 0 Å². The molecule has 0 atom stereocenters. The molecule has 0 bridgehead atoms. The van der Waals surface area contributed by atoms with Gasteiger partial charge in [-0.2, -0.15) is 0 Å². The minimum atomic E-state index is 0.123. The van der Waals surface area contributed by atoms with Crippen LogP contribution in [0, 0.1) is 0 Å². The number of likely N-dealkylation sites (N-methyl/N-ethyl adjacent to an activating group) is 1. The van der Waals surface area contributed by atoms with Gasteiger partial charge in [-0.3, -0.25) is 9.80 Å². The van der Waals surface area contributed by atoms with Gasteiger partial charge in [0.15, 0.2) is 0 Å². The fourth-order valence-electron chi connectivity index (χ4n) is 4.03. The molecule has 0 N–H and O–H groups in total. The van der Waals surface area contributed by atoms with E-state index in [1.54, 1.807) is 0 Å². The normalized spacial score (nSPS) is 25.2. The minimum Gasteiger partial charge on any atom is -0.484 e. The molecule has 0 aliphatic carbocycles. The molecule has 2 saturated heterocycles. The molecule has 2 fully saturated rings. The van der Waals surface area contributed by atoms with Crippen molar-refractivity contribution in [3.63, 3.8) is 0 Å². The van der Waals surface area contributed by atoms with Gasteiger partial charge in [0.05, 0.1) is 0 Å². The summed E-state index contributed by atoms with van der Waals surface area (Å²) in [6.07, 6.45) is 5.09. The lowest BCUT2D eigenvalue weighted by Crippen LogP contribution is -2.64. The lowest BCUT2D eigenvalue weighted by Gasteiger charge is -2.50. The van der Waals surface area contributed by atoms with Crippen LogP contribution in [0.15, 0.2) is 18.2 Å². The van der Waals surface area contributed by atoms with E-state index in [1.807, 2.05) is 0 Å². The number of aryl methyl sites for hydroxylation is 1. The maximum atomic E-state index is 6.30. The highest BCUT2D eigenvalue weighted by Crippen LogP contribution is 2.38. The van der Waals surface area contributed by atoms with E-state index in [-0.39, 0.29) is 5.60 Å². The van der Waals surface area contributed by atoms with E-state index >= 15 is 0 Å². The zero-order valence-corrected chi connectivity index (χ0v) is 12.4. The molecule has 3 heteroatoms. The van der Waals surface area contributed by atoms with Gasteiger partial charge in [0, 0.05) is 19.6 Å². The second kappa shape index (κ2) is 4.74. The minimum absolute atomic E-state index is 0.123. The molecule has 1 aromatic rings. The Morgan fingerprint density at radius 3 is 2.75 bits per heavy atom. The van der Waals surface area contributed by atoms with Crippen molar-refractivity contribution in [3.05, 3.63) is 29.3 Å². The predicted molar refractivity (Wildman–Crippen MR) is 80.1 cm³/mol. The van der Waals surface area contributed by atoms with Crippen LogP contribution in [-0.2, 0) is 13.0 Å². The van der Waals surface area contributed by atoms with E-state index < -0.39 is 0 Å². The Bertz CT molecular complexity index is 502. The molecule has 20 heavy (non-hydrogen) atoms. The summed E-state index contributed by atoms with van der Waals surface area (Å²) >= 11 is 0. The van der Waals surface area contributed by atoms with Gasteiger partial charge in [-0.15, -0.1) is 0 Å². The van der Waals surface area contributed by atoms with Crippen molar-refractivity contribution in [2.24, 2.45) is 0 Å². The highest BCUT2D eigenvalue weighted by Gasteiger charge is 2.45. The Kier molecular flexibility index (Phi) is 3.00. The van der Waals surface area contributed by atoms with Crippen LogP contribution in [0.25, 0.3) is 0 Å².